The first-order chi connectivity index (χ1) is 14.5. The number of aliphatic imine (C=N–C) groups is 1. The van der Waals surface area contributed by atoms with Gasteiger partial charge in [0.1, 0.15) is 5.84 Å². The first-order valence-corrected chi connectivity index (χ1v) is 9.79. The number of aromatic carboxylic acids is 1. The number of anilines is 1. The third-order valence-electron chi connectivity index (χ3n) is 5.11. The highest BCUT2D eigenvalue weighted by molar-refractivity contribution is 6.19. The number of amidine groups is 1. The van der Waals surface area contributed by atoms with Crippen molar-refractivity contribution in [3.8, 4) is 5.88 Å². The summed E-state index contributed by atoms with van der Waals surface area (Å²) in [6.45, 7) is 2.95. The number of carbonyl (C=O) groups excluding carboxylic acids is 1. The Balaban J connectivity index is 1.67. The monoisotopic (exact) mass is 406 g/mol. The molecule has 0 unspecified atom stereocenters. The minimum absolute atomic E-state index is 0.0506. The molecule has 0 fully saturated rings. The summed E-state index contributed by atoms with van der Waals surface area (Å²) in [5.74, 6) is -0.753. The predicted octanol–water partition coefficient (Wildman–Crippen LogP) is 3.47. The smallest absolute Gasteiger partial charge is 0.335 e. The van der Waals surface area contributed by atoms with Crippen LogP contribution in [0.2, 0.25) is 0 Å². The maximum Gasteiger partial charge on any atom is 0.335 e. The minimum Gasteiger partial charge on any atom is -0.494 e. The molecule has 3 aromatic rings. The van der Waals surface area contributed by atoms with E-state index >= 15 is 0 Å². The molecule has 0 radical (unpaired) electrons. The van der Waals surface area contributed by atoms with Gasteiger partial charge in [0, 0.05) is 28.7 Å². The summed E-state index contributed by atoms with van der Waals surface area (Å²) < 4.78 is 0. The van der Waals surface area contributed by atoms with Crippen molar-refractivity contribution in [1.82, 2.24) is 10.3 Å². The van der Waals surface area contributed by atoms with E-state index in [9.17, 15) is 14.7 Å². The number of carboxylic acids is 1. The number of aromatic amines is 1. The van der Waals surface area contributed by atoms with E-state index in [1.54, 1.807) is 30.3 Å². The number of carboxylic acid groups (broad SMARTS) is 1. The molecular formula is C22H22N4O4. The van der Waals surface area contributed by atoms with Crippen LogP contribution < -0.4 is 10.6 Å². The number of hydrogen-bond acceptors (Lipinski definition) is 5. The van der Waals surface area contributed by atoms with Crippen molar-refractivity contribution in [2.45, 2.75) is 26.3 Å². The van der Waals surface area contributed by atoms with Gasteiger partial charge in [-0.3, -0.25) is 9.79 Å². The van der Waals surface area contributed by atoms with Gasteiger partial charge in [-0.15, -0.1) is 0 Å². The average molecular weight is 406 g/mol. The number of aromatic hydroxyl groups is 1. The van der Waals surface area contributed by atoms with Crippen molar-refractivity contribution < 1.29 is 19.8 Å². The van der Waals surface area contributed by atoms with Gasteiger partial charge in [0.15, 0.2) is 0 Å². The van der Waals surface area contributed by atoms with Crippen LogP contribution in [-0.4, -0.2) is 39.5 Å². The number of hydrogen-bond donors (Lipinski definition) is 5. The number of benzene rings is 2. The van der Waals surface area contributed by atoms with Gasteiger partial charge in [-0.05, 0) is 48.4 Å². The van der Waals surface area contributed by atoms with E-state index in [4.69, 9.17) is 5.11 Å². The second-order valence-corrected chi connectivity index (χ2v) is 7.19. The standard InChI is InChI=1S/C22H22N4O4/c1-2-3-8-23-20(27)12-4-7-17-15(10-12)18(21(28)26-17)19-24-11-14-9-13(22(29)30)5-6-16(14)25-19/h4-7,9-10,26,28H,2-3,8,11H2,1H3,(H,23,27)(H,24,25)(H,29,30). The summed E-state index contributed by atoms with van der Waals surface area (Å²) in [4.78, 5) is 31.0. The molecule has 8 nitrogen and oxygen atoms in total. The van der Waals surface area contributed by atoms with E-state index in [0.717, 1.165) is 24.1 Å². The number of nitrogens with zero attached hydrogens (tertiary/aromatic N) is 1. The lowest BCUT2D eigenvalue weighted by atomic mass is 10.0. The normalized spacial score (nSPS) is 12.8. The van der Waals surface area contributed by atoms with Crippen LogP contribution in [0.5, 0.6) is 5.88 Å². The summed E-state index contributed by atoms with van der Waals surface area (Å²) in [5.41, 5.74) is 3.34. The Morgan fingerprint density at radius 3 is 2.73 bits per heavy atom. The third kappa shape index (κ3) is 3.59. The number of rotatable bonds is 6. The van der Waals surface area contributed by atoms with E-state index in [1.165, 1.54) is 6.07 Å². The van der Waals surface area contributed by atoms with Gasteiger partial charge in [-0.2, -0.15) is 0 Å². The average Bonchev–Trinajstić information content (AvgIpc) is 3.07. The molecule has 4 rings (SSSR count). The van der Waals surface area contributed by atoms with Crippen molar-refractivity contribution in [3.63, 3.8) is 0 Å². The quantitative estimate of drug-likeness (QED) is 0.401. The van der Waals surface area contributed by atoms with Crippen LogP contribution in [0.1, 0.15) is 51.6 Å². The molecule has 2 heterocycles. The number of H-pyrrole nitrogens is 1. The van der Waals surface area contributed by atoms with Crippen molar-refractivity contribution in [2.75, 3.05) is 11.9 Å². The molecule has 0 spiro atoms. The first kappa shape index (κ1) is 19.5. The van der Waals surface area contributed by atoms with Gasteiger partial charge < -0.3 is 25.8 Å². The van der Waals surface area contributed by atoms with Gasteiger partial charge in [0.25, 0.3) is 5.91 Å². The maximum absolute atomic E-state index is 12.4. The van der Waals surface area contributed by atoms with E-state index in [0.29, 0.717) is 34.4 Å². The van der Waals surface area contributed by atoms with Gasteiger partial charge in [-0.25, -0.2) is 4.79 Å². The van der Waals surface area contributed by atoms with Crippen LogP contribution in [-0.2, 0) is 6.54 Å². The van der Waals surface area contributed by atoms with Crippen molar-refractivity contribution in [3.05, 3.63) is 58.7 Å². The fourth-order valence-corrected chi connectivity index (χ4v) is 3.49. The maximum atomic E-state index is 12.4. The summed E-state index contributed by atoms with van der Waals surface area (Å²) in [6.07, 6.45) is 1.91. The number of amides is 1. The zero-order valence-corrected chi connectivity index (χ0v) is 16.5. The molecule has 30 heavy (non-hydrogen) atoms. The highest BCUT2D eigenvalue weighted by Crippen LogP contribution is 2.32. The number of fused-ring (bicyclic) bond motifs is 2. The summed E-state index contributed by atoms with van der Waals surface area (Å²) >= 11 is 0. The van der Waals surface area contributed by atoms with Crippen LogP contribution in [0.15, 0.2) is 41.4 Å². The minimum atomic E-state index is -0.994. The second kappa shape index (κ2) is 7.90. The lowest BCUT2D eigenvalue weighted by molar-refractivity contribution is 0.0696. The zero-order valence-electron chi connectivity index (χ0n) is 16.5. The lowest BCUT2D eigenvalue weighted by Crippen LogP contribution is -2.24. The summed E-state index contributed by atoms with van der Waals surface area (Å²) in [6, 6.07) is 9.98. The molecule has 0 saturated heterocycles. The number of carbonyl (C=O) groups is 2. The third-order valence-corrected chi connectivity index (χ3v) is 5.11. The van der Waals surface area contributed by atoms with Gasteiger partial charge in [0.05, 0.1) is 17.7 Å². The molecule has 0 aliphatic carbocycles. The Morgan fingerprint density at radius 1 is 1.17 bits per heavy atom. The van der Waals surface area contributed by atoms with Crippen molar-refractivity contribution >= 4 is 34.3 Å². The van der Waals surface area contributed by atoms with Crippen LogP contribution >= 0.6 is 0 Å². The van der Waals surface area contributed by atoms with Crippen LogP contribution in [0, 0.1) is 0 Å². The topological polar surface area (TPSA) is 127 Å². The van der Waals surface area contributed by atoms with Crippen molar-refractivity contribution in [2.24, 2.45) is 4.99 Å². The fraction of sp³-hybridized carbons (Fsp3) is 0.227. The molecule has 1 aliphatic rings. The van der Waals surface area contributed by atoms with E-state index in [1.807, 2.05) is 0 Å². The van der Waals surface area contributed by atoms with Crippen LogP contribution in [0.4, 0.5) is 5.69 Å². The molecule has 0 atom stereocenters. The molecular weight excluding hydrogens is 384 g/mol. The van der Waals surface area contributed by atoms with Crippen LogP contribution in [0.3, 0.4) is 0 Å². The van der Waals surface area contributed by atoms with E-state index < -0.39 is 5.97 Å². The molecule has 1 aliphatic heterocycles. The first-order valence-electron chi connectivity index (χ1n) is 9.79. The van der Waals surface area contributed by atoms with Crippen molar-refractivity contribution in [1.29, 1.82) is 0 Å². The molecule has 2 aromatic carbocycles. The Bertz CT molecular complexity index is 1180. The molecule has 8 heteroatoms. The Labute approximate surface area is 172 Å². The van der Waals surface area contributed by atoms with E-state index in [2.05, 4.69) is 27.5 Å². The zero-order chi connectivity index (χ0) is 21.3. The molecule has 154 valence electrons. The highest BCUT2D eigenvalue weighted by atomic mass is 16.4. The van der Waals surface area contributed by atoms with Gasteiger partial charge in [0.2, 0.25) is 5.88 Å². The Kier molecular flexibility index (Phi) is 5.14. The molecule has 1 aromatic heterocycles. The molecule has 1 amide bonds. The highest BCUT2D eigenvalue weighted by Gasteiger charge is 2.22. The van der Waals surface area contributed by atoms with Gasteiger partial charge in [-0.1, -0.05) is 13.3 Å². The van der Waals surface area contributed by atoms with Gasteiger partial charge >= 0.3 is 5.97 Å². The lowest BCUT2D eigenvalue weighted by Gasteiger charge is -2.19. The SMILES string of the molecule is CCCCNC(=O)c1ccc2[nH]c(O)c(C3=NCc4cc(C(=O)O)ccc4N3)c2c1. The van der Waals surface area contributed by atoms with Crippen LogP contribution in [0.25, 0.3) is 10.9 Å². The summed E-state index contributed by atoms with van der Waals surface area (Å²) in [7, 11) is 0. The number of aromatic nitrogens is 1. The van der Waals surface area contributed by atoms with E-state index in [-0.39, 0.29) is 23.9 Å². The fourth-order valence-electron chi connectivity index (χ4n) is 3.49. The largest absolute Gasteiger partial charge is 0.494 e. The number of unbranched alkanes of at least 4 members (excludes halogenated alkanes) is 1. The Hall–Kier alpha value is -3.81. The summed E-state index contributed by atoms with van der Waals surface area (Å²) in [5, 5.41) is 26.4. The molecule has 0 bridgehead atoms. The molecule has 5 N–H and O–H groups in total. The number of nitrogens with one attached hydrogen (secondary N) is 3. The molecule has 0 saturated carbocycles. The predicted molar refractivity (Wildman–Crippen MR) is 114 cm³/mol. The second-order valence-electron chi connectivity index (χ2n) is 7.19. The Morgan fingerprint density at radius 2 is 1.97 bits per heavy atom.